The van der Waals surface area contributed by atoms with Crippen LogP contribution < -0.4 is 0 Å². The lowest BCUT2D eigenvalue weighted by atomic mass is 9.97. The molecule has 1 amide bonds. The Kier molecular flexibility index (Phi) is 4.10. The quantitative estimate of drug-likeness (QED) is 0.930. The third kappa shape index (κ3) is 3.23. The number of hydrogen-bond acceptors (Lipinski definition) is 5. The molecule has 23 heavy (non-hydrogen) atoms. The Hall–Kier alpha value is -2.70. The van der Waals surface area contributed by atoms with Crippen molar-refractivity contribution >= 4 is 11.9 Å². The molecule has 1 aromatic carbocycles. The fourth-order valence-electron chi connectivity index (χ4n) is 2.75. The fraction of sp³-hybridized carbons (Fsp3) is 0.375. The number of carbonyl (C=O) groups excluding carboxylic acids is 1. The van der Waals surface area contributed by atoms with E-state index in [1.807, 2.05) is 0 Å². The van der Waals surface area contributed by atoms with Crippen molar-refractivity contribution in [2.75, 3.05) is 13.1 Å². The molecule has 1 saturated heterocycles. The standard InChI is InChI=1S/C16H17N3O4/c1-10-17-14(18-23-10)11-4-2-5-12(8-11)15(20)19-7-3-6-13(9-19)16(21)22/h2,4-5,8,13H,3,6-7,9H2,1H3,(H,21,22)/t13-/m1/s1. The van der Waals surface area contributed by atoms with Gasteiger partial charge in [0.1, 0.15) is 0 Å². The van der Waals surface area contributed by atoms with Crippen LogP contribution in [0.1, 0.15) is 29.1 Å². The Balaban J connectivity index is 1.81. The van der Waals surface area contributed by atoms with Crippen LogP contribution in [0, 0.1) is 12.8 Å². The largest absolute Gasteiger partial charge is 0.481 e. The number of carbonyl (C=O) groups is 2. The summed E-state index contributed by atoms with van der Waals surface area (Å²) >= 11 is 0. The summed E-state index contributed by atoms with van der Waals surface area (Å²) in [7, 11) is 0. The van der Waals surface area contributed by atoms with Gasteiger partial charge < -0.3 is 14.5 Å². The fourth-order valence-corrected chi connectivity index (χ4v) is 2.75. The van der Waals surface area contributed by atoms with Gasteiger partial charge in [0.15, 0.2) is 0 Å². The van der Waals surface area contributed by atoms with Crippen molar-refractivity contribution in [2.45, 2.75) is 19.8 Å². The number of aliphatic carboxylic acids is 1. The summed E-state index contributed by atoms with van der Waals surface area (Å²) in [5, 5.41) is 13.0. The van der Waals surface area contributed by atoms with E-state index >= 15 is 0 Å². The average molecular weight is 315 g/mol. The summed E-state index contributed by atoms with van der Waals surface area (Å²) in [5.74, 6) is -0.622. The van der Waals surface area contributed by atoms with E-state index in [0.29, 0.717) is 42.2 Å². The van der Waals surface area contributed by atoms with Crippen LogP contribution in [0.3, 0.4) is 0 Å². The maximum absolute atomic E-state index is 12.6. The topological polar surface area (TPSA) is 96.5 Å². The number of aryl methyl sites for hydroxylation is 1. The molecule has 1 N–H and O–H groups in total. The minimum absolute atomic E-state index is 0.169. The third-order valence-corrected chi connectivity index (χ3v) is 3.95. The molecule has 7 heteroatoms. The second kappa shape index (κ2) is 6.20. The van der Waals surface area contributed by atoms with Crippen molar-refractivity contribution in [2.24, 2.45) is 5.92 Å². The molecule has 0 bridgehead atoms. The van der Waals surface area contributed by atoms with Gasteiger partial charge >= 0.3 is 5.97 Å². The highest BCUT2D eigenvalue weighted by molar-refractivity contribution is 5.95. The highest BCUT2D eigenvalue weighted by Crippen LogP contribution is 2.21. The highest BCUT2D eigenvalue weighted by Gasteiger charge is 2.28. The normalized spacial score (nSPS) is 18.0. The second-order valence-electron chi connectivity index (χ2n) is 5.65. The molecular formula is C16H17N3O4. The zero-order valence-electron chi connectivity index (χ0n) is 12.7. The van der Waals surface area contributed by atoms with Gasteiger partial charge in [-0.2, -0.15) is 4.98 Å². The molecule has 2 heterocycles. The first kappa shape index (κ1) is 15.2. The van der Waals surface area contributed by atoms with Crippen LogP contribution in [0.2, 0.25) is 0 Å². The number of benzene rings is 1. The summed E-state index contributed by atoms with van der Waals surface area (Å²) in [5.41, 5.74) is 1.19. The van der Waals surface area contributed by atoms with Crippen LogP contribution in [-0.2, 0) is 4.79 Å². The van der Waals surface area contributed by atoms with Gasteiger partial charge in [0, 0.05) is 31.1 Å². The van der Waals surface area contributed by atoms with Crippen LogP contribution in [0.4, 0.5) is 0 Å². The number of piperidine rings is 1. The van der Waals surface area contributed by atoms with E-state index in [9.17, 15) is 9.59 Å². The number of nitrogens with zero attached hydrogens (tertiary/aromatic N) is 3. The second-order valence-corrected chi connectivity index (χ2v) is 5.65. The summed E-state index contributed by atoms with van der Waals surface area (Å²) < 4.78 is 4.95. The molecular weight excluding hydrogens is 298 g/mol. The lowest BCUT2D eigenvalue weighted by Crippen LogP contribution is -2.42. The van der Waals surface area contributed by atoms with Crippen molar-refractivity contribution in [3.05, 3.63) is 35.7 Å². The van der Waals surface area contributed by atoms with E-state index in [0.717, 1.165) is 0 Å². The summed E-state index contributed by atoms with van der Waals surface area (Å²) in [6, 6.07) is 6.98. The van der Waals surface area contributed by atoms with Crippen LogP contribution in [-0.4, -0.2) is 45.1 Å². The molecule has 1 fully saturated rings. The Bertz CT molecular complexity index is 740. The van der Waals surface area contributed by atoms with E-state index in [4.69, 9.17) is 9.63 Å². The van der Waals surface area contributed by atoms with Gasteiger partial charge in [-0.3, -0.25) is 9.59 Å². The molecule has 0 unspecified atom stereocenters. The predicted molar refractivity (Wildman–Crippen MR) is 80.7 cm³/mol. The van der Waals surface area contributed by atoms with E-state index in [1.54, 1.807) is 36.1 Å². The van der Waals surface area contributed by atoms with Gasteiger partial charge in [0.25, 0.3) is 5.91 Å². The minimum Gasteiger partial charge on any atom is -0.481 e. The Morgan fingerprint density at radius 2 is 2.22 bits per heavy atom. The van der Waals surface area contributed by atoms with Gasteiger partial charge in [0.05, 0.1) is 5.92 Å². The summed E-state index contributed by atoms with van der Waals surface area (Å²) in [6.07, 6.45) is 1.31. The first-order valence-electron chi connectivity index (χ1n) is 7.47. The number of amides is 1. The molecule has 0 spiro atoms. The molecule has 7 nitrogen and oxygen atoms in total. The molecule has 1 atom stereocenters. The van der Waals surface area contributed by atoms with Gasteiger partial charge in [-0.15, -0.1) is 0 Å². The monoisotopic (exact) mass is 315 g/mol. The van der Waals surface area contributed by atoms with E-state index in [2.05, 4.69) is 10.1 Å². The SMILES string of the molecule is Cc1nc(-c2cccc(C(=O)N3CCC[C@@H](C(=O)O)C3)c2)no1. The molecule has 1 aromatic heterocycles. The third-order valence-electron chi connectivity index (χ3n) is 3.95. The van der Waals surface area contributed by atoms with Crippen molar-refractivity contribution < 1.29 is 19.2 Å². The first-order valence-corrected chi connectivity index (χ1v) is 7.47. The molecule has 1 aliphatic rings. The van der Waals surface area contributed by atoms with Crippen LogP contribution in [0.5, 0.6) is 0 Å². The minimum atomic E-state index is -0.849. The Morgan fingerprint density at radius 1 is 1.39 bits per heavy atom. The van der Waals surface area contributed by atoms with Crippen LogP contribution >= 0.6 is 0 Å². The number of aromatic nitrogens is 2. The molecule has 0 saturated carbocycles. The number of hydrogen-bond donors (Lipinski definition) is 1. The van der Waals surface area contributed by atoms with Crippen molar-refractivity contribution in [1.82, 2.24) is 15.0 Å². The lowest BCUT2D eigenvalue weighted by Gasteiger charge is -2.30. The van der Waals surface area contributed by atoms with Crippen LogP contribution in [0.25, 0.3) is 11.4 Å². The van der Waals surface area contributed by atoms with Gasteiger partial charge in [-0.25, -0.2) is 0 Å². The van der Waals surface area contributed by atoms with Gasteiger partial charge in [-0.05, 0) is 25.0 Å². The number of likely N-dealkylation sites (tertiary alicyclic amines) is 1. The Labute approximate surface area is 132 Å². The van der Waals surface area contributed by atoms with Crippen molar-refractivity contribution in [3.8, 4) is 11.4 Å². The molecule has 3 rings (SSSR count). The van der Waals surface area contributed by atoms with Crippen LogP contribution in [0.15, 0.2) is 28.8 Å². The van der Waals surface area contributed by atoms with Gasteiger partial charge in [0.2, 0.25) is 11.7 Å². The first-order chi connectivity index (χ1) is 11.0. The van der Waals surface area contributed by atoms with E-state index in [-0.39, 0.29) is 12.5 Å². The zero-order chi connectivity index (χ0) is 16.4. The maximum atomic E-state index is 12.6. The van der Waals surface area contributed by atoms with Crippen molar-refractivity contribution in [3.63, 3.8) is 0 Å². The summed E-state index contributed by atoms with van der Waals surface area (Å²) in [6.45, 7) is 2.53. The molecule has 1 aliphatic heterocycles. The zero-order valence-corrected chi connectivity index (χ0v) is 12.7. The van der Waals surface area contributed by atoms with E-state index in [1.165, 1.54) is 0 Å². The predicted octanol–water partition coefficient (Wildman–Crippen LogP) is 1.98. The van der Waals surface area contributed by atoms with Crippen molar-refractivity contribution in [1.29, 1.82) is 0 Å². The van der Waals surface area contributed by atoms with Gasteiger partial charge in [-0.1, -0.05) is 17.3 Å². The molecule has 0 aliphatic carbocycles. The highest BCUT2D eigenvalue weighted by atomic mass is 16.5. The molecule has 120 valence electrons. The lowest BCUT2D eigenvalue weighted by molar-refractivity contribution is -0.143. The molecule has 2 aromatic rings. The Morgan fingerprint density at radius 3 is 2.91 bits per heavy atom. The molecule has 0 radical (unpaired) electrons. The maximum Gasteiger partial charge on any atom is 0.308 e. The average Bonchev–Trinajstić information content (AvgIpc) is 3.01. The smallest absolute Gasteiger partial charge is 0.308 e. The number of carboxylic acid groups (broad SMARTS) is 1. The number of carboxylic acids is 1. The summed E-state index contributed by atoms with van der Waals surface area (Å²) in [4.78, 5) is 29.5. The number of rotatable bonds is 3. The van der Waals surface area contributed by atoms with E-state index < -0.39 is 11.9 Å².